The van der Waals surface area contributed by atoms with Crippen LogP contribution in [0.3, 0.4) is 0 Å². The Balaban J connectivity index is 2.50. The van der Waals surface area contributed by atoms with Crippen molar-refractivity contribution in [1.82, 2.24) is 5.16 Å². The molecule has 1 atom stereocenters. The van der Waals surface area contributed by atoms with Crippen molar-refractivity contribution in [2.45, 2.75) is 10.3 Å². The van der Waals surface area contributed by atoms with Gasteiger partial charge in [-0.1, -0.05) is 27.7 Å². The van der Waals surface area contributed by atoms with Crippen molar-refractivity contribution in [3.8, 4) is 0 Å². The van der Waals surface area contributed by atoms with E-state index in [9.17, 15) is 4.79 Å². The van der Waals surface area contributed by atoms with Crippen LogP contribution in [0.5, 0.6) is 0 Å². The molecular formula is C6H6INO3. The highest BCUT2D eigenvalue weighted by atomic mass is 127. The molecule has 0 saturated heterocycles. The summed E-state index contributed by atoms with van der Waals surface area (Å²) in [4.78, 5) is 10.4. The van der Waals surface area contributed by atoms with Crippen molar-refractivity contribution in [2.75, 3.05) is 0 Å². The summed E-state index contributed by atoms with van der Waals surface area (Å²) in [6.07, 6.45) is 1.89. The molecule has 0 fully saturated rings. The van der Waals surface area contributed by atoms with Gasteiger partial charge in [0.15, 0.2) is 0 Å². The van der Waals surface area contributed by atoms with E-state index in [0.717, 1.165) is 0 Å². The van der Waals surface area contributed by atoms with Crippen LogP contribution in [-0.4, -0.2) is 20.2 Å². The van der Waals surface area contributed by atoms with E-state index in [2.05, 4.69) is 5.16 Å². The standard InChI is InChI=1S/C6H6INO3/c7-5(6(9)10)3-4-1-2-8-11-4/h1-2,5H,3H2,(H,9,10). The quantitative estimate of drug-likeness (QED) is 0.658. The summed E-state index contributed by atoms with van der Waals surface area (Å²) in [6.45, 7) is 0. The van der Waals surface area contributed by atoms with Crippen molar-refractivity contribution in [3.63, 3.8) is 0 Å². The van der Waals surface area contributed by atoms with Crippen molar-refractivity contribution in [3.05, 3.63) is 18.0 Å². The van der Waals surface area contributed by atoms with Gasteiger partial charge in [-0.05, 0) is 0 Å². The average molecular weight is 267 g/mol. The van der Waals surface area contributed by atoms with Gasteiger partial charge in [0.05, 0.1) is 6.20 Å². The summed E-state index contributed by atoms with van der Waals surface area (Å²) in [5.41, 5.74) is 0. The number of rotatable bonds is 3. The molecule has 0 aliphatic carbocycles. The van der Waals surface area contributed by atoms with Crippen LogP contribution in [0.4, 0.5) is 0 Å². The maximum Gasteiger partial charge on any atom is 0.316 e. The number of carbonyl (C=O) groups is 1. The van der Waals surface area contributed by atoms with Gasteiger partial charge in [0.2, 0.25) is 0 Å². The van der Waals surface area contributed by atoms with Gasteiger partial charge >= 0.3 is 5.97 Å². The lowest BCUT2D eigenvalue weighted by Crippen LogP contribution is -2.14. The van der Waals surface area contributed by atoms with Gasteiger partial charge in [-0.3, -0.25) is 4.79 Å². The van der Waals surface area contributed by atoms with E-state index in [1.807, 2.05) is 22.6 Å². The number of halogens is 1. The molecule has 0 aromatic carbocycles. The molecule has 0 aliphatic heterocycles. The first kappa shape index (κ1) is 8.51. The molecule has 1 heterocycles. The van der Waals surface area contributed by atoms with Crippen LogP contribution in [0.2, 0.25) is 0 Å². The van der Waals surface area contributed by atoms with E-state index in [1.165, 1.54) is 6.20 Å². The molecule has 1 unspecified atom stereocenters. The monoisotopic (exact) mass is 267 g/mol. The fraction of sp³-hybridized carbons (Fsp3) is 0.333. The number of hydrogen-bond acceptors (Lipinski definition) is 3. The number of carboxylic acids is 1. The number of hydrogen-bond donors (Lipinski definition) is 1. The molecule has 1 N–H and O–H groups in total. The molecule has 0 bridgehead atoms. The Labute approximate surface area is 76.7 Å². The van der Waals surface area contributed by atoms with Crippen LogP contribution < -0.4 is 0 Å². The summed E-state index contributed by atoms with van der Waals surface area (Å²) in [5, 5.41) is 12.0. The Bertz CT molecular complexity index is 234. The summed E-state index contributed by atoms with van der Waals surface area (Å²) in [5.74, 6) is -0.228. The normalized spacial score (nSPS) is 12.8. The maximum absolute atomic E-state index is 10.4. The van der Waals surface area contributed by atoms with Crippen molar-refractivity contribution >= 4 is 28.6 Å². The first-order valence-electron chi connectivity index (χ1n) is 2.96. The third kappa shape index (κ3) is 2.49. The van der Waals surface area contributed by atoms with Crippen molar-refractivity contribution in [1.29, 1.82) is 0 Å². The van der Waals surface area contributed by atoms with Crippen molar-refractivity contribution < 1.29 is 14.4 Å². The van der Waals surface area contributed by atoms with E-state index in [0.29, 0.717) is 12.2 Å². The molecule has 0 aliphatic rings. The largest absolute Gasteiger partial charge is 0.480 e. The number of carboxylic acid groups (broad SMARTS) is 1. The van der Waals surface area contributed by atoms with Gasteiger partial charge < -0.3 is 9.63 Å². The number of nitrogens with zero attached hydrogens (tertiary/aromatic N) is 1. The Morgan fingerprint density at radius 2 is 2.64 bits per heavy atom. The van der Waals surface area contributed by atoms with E-state index >= 15 is 0 Å². The highest BCUT2D eigenvalue weighted by Crippen LogP contribution is 2.09. The van der Waals surface area contributed by atoms with Crippen LogP contribution in [-0.2, 0) is 11.2 Å². The third-order valence-corrected chi connectivity index (χ3v) is 2.11. The van der Waals surface area contributed by atoms with Crippen LogP contribution >= 0.6 is 22.6 Å². The zero-order chi connectivity index (χ0) is 8.27. The van der Waals surface area contributed by atoms with Gasteiger partial charge in [0.1, 0.15) is 9.68 Å². The van der Waals surface area contributed by atoms with Crippen LogP contribution in [0.25, 0.3) is 0 Å². The molecular weight excluding hydrogens is 261 g/mol. The van der Waals surface area contributed by atoms with E-state index in [4.69, 9.17) is 9.63 Å². The second-order valence-corrected chi connectivity index (χ2v) is 3.49. The van der Waals surface area contributed by atoms with Gasteiger partial charge in [-0.2, -0.15) is 0 Å². The maximum atomic E-state index is 10.4. The van der Waals surface area contributed by atoms with E-state index < -0.39 is 9.89 Å². The highest BCUT2D eigenvalue weighted by Gasteiger charge is 2.14. The Kier molecular flexibility index (Phi) is 2.86. The van der Waals surface area contributed by atoms with Gasteiger partial charge in [-0.15, -0.1) is 0 Å². The second kappa shape index (κ2) is 3.70. The second-order valence-electron chi connectivity index (χ2n) is 1.99. The van der Waals surface area contributed by atoms with E-state index in [-0.39, 0.29) is 0 Å². The molecule has 5 heteroatoms. The predicted octanol–water partition coefficient (Wildman–Crippen LogP) is 1.11. The Morgan fingerprint density at radius 1 is 1.91 bits per heavy atom. The molecule has 0 saturated carbocycles. The van der Waals surface area contributed by atoms with E-state index in [1.54, 1.807) is 6.07 Å². The average Bonchev–Trinajstić information content (AvgIpc) is 2.39. The van der Waals surface area contributed by atoms with Gasteiger partial charge in [-0.25, -0.2) is 0 Å². The lowest BCUT2D eigenvalue weighted by Gasteiger charge is -1.98. The zero-order valence-electron chi connectivity index (χ0n) is 5.53. The summed E-state index contributed by atoms with van der Waals surface area (Å²) >= 11 is 1.85. The first-order valence-corrected chi connectivity index (χ1v) is 4.21. The third-order valence-electron chi connectivity index (χ3n) is 1.14. The minimum atomic E-state index is -0.831. The molecule has 0 spiro atoms. The fourth-order valence-corrected chi connectivity index (χ4v) is 1.05. The zero-order valence-corrected chi connectivity index (χ0v) is 7.69. The predicted molar refractivity (Wildman–Crippen MR) is 45.7 cm³/mol. The minimum Gasteiger partial charge on any atom is -0.480 e. The first-order chi connectivity index (χ1) is 5.20. The number of alkyl halides is 1. The molecule has 11 heavy (non-hydrogen) atoms. The smallest absolute Gasteiger partial charge is 0.316 e. The van der Waals surface area contributed by atoms with Crippen molar-refractivity contribution in [2.24, 2.45) is 0 Å². The van der Waals surface area contributed by atoms with Crippen LogP contribution in [0.15, 0.2) is 16.8 Å². The molecule has 1 aromatic heterocycles. The lowest BCUT2D eigenvalue weighted by molar-refractivity contribution is -0.136. The summed E-state index contributed by atoms with van der Waals surface area (Å²) in [6, 6.07) is 1.66. The number of aliphatic carboxylic acids is 1. The summed E-state index contributed by atoms with van der Waals surface area (Å²) < 4.78 is 4.29. The molecule has 1 rings (SSSR count). The topological polar surface area (TPSA) is 63.3 Å². The highest BCUT2D eigenvalue weighted by molar-refractivity contribution is 14.1. The van der Waals surface area contributed by atoms with Crippen LogP contribution in [0.1, 0.15) is 5.76 Å². The molecule has 4 nitrogen and oxygen atoms in total. The molecule has 1 aromatic rings. The lowest BCUT2D eigenvalue weighted by atomic mass is 10.2. The molecule has 0 radical (unpaired) electrons. The summed E-state index contributed by atoms with van der Waals surface area (Å²) in [7, 11) is 0. The SMILES string of the molecule is O=C(O)C(I)Cc1ccno1. The van der Waals surface area contributed by atoms with Crippen LogP contribution in [0, 0.1) is 0 Å². The number of aromatic nitrogens is 1. The fourth-order valence-electron chi connectivity index (χ4n) is 0.611. The molecule has 0 amide bonds. The van der Waals surface area contributed by atoms with Gasteiger partial charge in [0, 0.05) is 12.5 Å². The Morgan fingerprint density at radius 3 is 3.09 bits per heavy atom. The Hall–Kier alpha value is -0.590. The minimum absolute atomic E-state index is 0.385. The van der Waals surface area contributed by atoms with Gasteiger partial charge in [0.25, 0.3) is 0 Å². The molecule has 60 valence electrons.